The molecule has 2 aliphatic heterocycles. The molecule has 2 aliphatic rings. The second kappa shape index (κ2) is 8.01. The predicted octanol–water partition coefficient (Wildman–Crippen LogP) is 5.17. The molecule has 1 fully saturated rings. The first-order valence-electron chi connectivity index (χ1n) is 11.0. The van der Waals surface area contributed by atoms with Gasteiger partial charge in [-0.1, -0.05) is 11.1 Å². The Morgan fingerprint density at radius 1 is 1.18 bits per heavy atom. The Bertz CT molecular complexity index is 1270. The number of aromatic nitrogens is 1. The molecule has 0 spiro atoms. The minimum atomic E-state index is -0.510. The van der Waals surface area contributed by atoms with Gasteiger partial charge in [0.05, 0.1) is 0 Å². The quantitative estimate of drug-likeness (QED) is 0.514. The number of carbonyl (C=O) groups is 1. The molecule has 1 amide bonds. The van der Waals surface area contributed by atoms with Crippen LogP contribution in [0.2, 0.25) is 0 Å². The summed E-state index contributed by atoms with van der Waals surface area (Å²) >= 11 is 0. The maximum atomic E-state index is 14.8. The van der Waals surface area contributed by atoms with Crippen LogP contribution in [0.4, 0.5) is 14.9 Å². The van der Waals surface area contributed by atoms with Crippen molar-refractivity contribution < 1.29 is 23.1 Å². The summed E-state index contributed by atoms with van der Waals surface area (Å²) in [4.78, 5) is 22.4. The summed E-state index contributed by atoms with van der Waals surface area (Å²) < 4.78 is 26.2. The van der Waals surface area contributed by atoms with Gasteiger partial charge < -0.3 is 14.1 Å². The highest BCUT2D eigenvalue weighted by molar-refractivity contribution is 5.82. The van der Waals surface area contributed by atoms with E-state index < -0.39 is 5.60 Å². The lowest BCUT2D eigenvalue weighted by Gasteiger charge is -2.32. The Morgan fingerprint density at radius 2 is 1.94 bits per heavy atom. The van der Waals surface area contributed by atoms with Crippen LogP contribution in [-0.4, -0.2) is 45.8 Å². The van der Waals surface area contributed by atoms with E-state index >= 15 is 0 Å². The maximum Gasteiger partial charge on any atom is 0.410 e. The van der Waals surface area contributed by atoms with E-state index in [1.807, 2.05) is 39.0 Å². The molecule has 0 atom stereocenters. The van der Waals surface area contributed by atoms with E-state index in [0.29, 0.717) is 41.3 Å². The van der Waals surface area contributed by atoms with Gasteiger partial charge >= 0.3 is 12.4 Å². The molecule has 0 unspecified atom stereocenters. The summed E-state index contributed by atoms with van der Waals surface area (Å²) in [5.41, 5.74) is 2.66. The van der Waals surface area contributed by atoms with Crippen LogP contribution in [0.1, 0.15) is 45.4 Å². The predicted molar refractivity (Wildman–Crippen MR) is 120 cm³/mol. The van der Waals surface area contributed by atoms with Crippen LogP contribution in [0.3, 0.4) is 0 Å². The first-order chi connectivity index (χ1) is 15.8. The lowest BCUT2D eigenvalue weighted by molar-refractivity contribution is -0.116. The number of anilines is 1. The first kappa shape index (κ1) is 21.2. The maximum absolute atomic E-state index is 14.8. The molecule has 5 rings (SSSR count). The first-order valence-corrected chi connectivity index (χ1v) is 11.0. The lowest BCUT2D eigenvalue weighted by Crippen LogP contribution is -2.41. The van der Waals surface area contributed by atoms with Crippen molar-refractivity contribution in [2.75, 3.05) is 18.1 Å². The van der Waals surface area contributed by atoms with Gasteiger partial charge in [-0.3, -0.25) is 0 Å². The lowest BCUT2D eigenvalue weighted by atomic mass is 9.97. The van der Waals surface area contributed by atoms with Gasteiger partial charge in [-0.2, -0.15) is 0 Å². The molecule has 0 saturated carbocycles. The van der Waals surface area contributed by atoms with Gasteiger partial charge in [-0.15, -0.1) is 4.79 Å². The molecule has 33 heavy (non-hydrogen) atoms. The van der Waals surface area contributed by atoms with E-state index in [1.54, 1.807) is 17.0 Å². The summed E-state index contributed by atoms with van der Waals surface area (Å²) in [5.74, 6) is 0.429. The highest BCUT2D eigenvalue weighted by Crippen LogP contribution is 2.33. The largest absolute Gasteiger partial charge is 0.444 e. The highest BCUT2D eigenvalue weighted by atomic mass is 19.1. The van der Waals surface area contributed by atoms with Crippen molar-refractivity contribution in [3.05, 3.63) is 48.1 Å². The second-order valence-electron chi connectivity index (χ2n) is 9.31. The van der Waals surface area contributed by atoms with Crippen LogP contribution >= 0.6 is 0 Å². The number of oxazole rings is 1. The molecule has 8 nitrogen and oxygen atoms in total. The fourth-order valence-corrected chi connectivity index (χ4v) is 4.03. The molecule has 1 aromatic heterocycles. The normalized spacial score (nSPS) is 16.4. The van der Waals surface area contributed by atoms with Gasteiger partial charge in [-0.25, -0.2) is 14.2 Å². The van der Waals surface area contributed by atoms with Crippen molar-refractivity contribution in [1.82, 2.24) is 9.88 Å². The van der Waals surface area contributed by atoms with Crippen molar-refractivity contribution >= 4 is 29.2 Å². The summed E-state index contributed by atoms with van der Waals surface area (Å²) in [6, 6.07) is 10.4. The number of piperidine rings is 1. The van der Waals surface area contributed by atoms with E-state index in [4.69, 9.17) is 9.15 Å². The smallest absolute Gasteiger partial charge is 0.410 e. The van der Waals surface area contributed by atoms with E-state index in [1.165, 1.54) is 17.4 Å². The Labute approximate surface area is 190 Å². The molecule has 0 radical (unpaired) electrons. The third-order valence-corrected chi connectivity index (χ3v) is 5.74. The van der Waals surface area contributed by atoms with Crippen LogP contribution in [0, 0.1) is 5.82 Å². The van der Waals surface area contributed by atoms with Gasteiger partial charge in [-0.05, 0) is 63.4 Å². The van der Waals surface area contributed by atoms with Crippen LogP contribution < -0.4 is 5.01 Å². The third kappa shape index (κ3) is 4.32. The van der Waals surface area contributed by atoms with Crippen molar-refractivity contribution in [1.29, 1.82) is 0 Å². The fourth-order valence-electron chi connectivity index (χ4n) is 4.03. The van der Waals surface area contributed by atoms with Gasteiger partial charge in [0, 0.05) is 30.6 Å². The topological polar surface area (TPSA) is 85.3 Å². The summed E-state index contributed by atoms with van der Waals surface area (Å²) in [5, 5.41) is 5.29. The number of hydrogen-bond donors (Lipinski definition) is 0. The third-order valence-electron chi connectivity index (χ3n) is 5.74. The zero-order chi connectivity index (χ0) is 23.2. The molecule has 2 aromatic carbocycles. The van der Waals surface area contributed by atoms with Crippen LogP contribution in [0.25, 0.3) is 22.2 Å². The molecule has 9 heteroatoms. The number of fused-ring (bicyclic) bond motifs is 1. The van der Waals surface area contributed by atoms with Crippen LogP contribution in [0.5, 0.6) is 0 Å². The van der Waals surface area contributed by atoms with Gasteiger partial charge in [0.15, 0.2) is 11.5 Å². The Hall–Kier alpha value is -3.71. The minimum absolute atomic E-state index is 0.123. The van der Waals surface area contributed by atoms with Gasteiger partial charge in [0.25, 0.3) is 0 Å². The second-order valence-corrected chi connectivity index (χ2v) is 9.31. The number of carbonyl (C=O) groups excluding carboxylic acids is 1. The van der Waals surface area contributed by atoms with Crippen molar-refractivity contribution in [3.63, 3.8) is 0 Å². The van der Waals surface area contributed by atoms with Crippen LogP contribution in [0.15, 0.2) is 46.0 Å². The Kier molecular flexibility index (Phi) is 5.13. The van der Waals surface area contributed by atoms with E-state index in [2.05, 4.69) is 15.0 Å². The number of ether oxygens (including phenoxy) is 1. The highest BCUT2D eigenvalue weighted by Gasteiger charge is 2.29. The molecular weight excluding hydrogens is 425 g/mol. The summed E-state index contributed by atoms with van der Waals surface area (Å²) in [6.07, 6.45) is 2.74. The number of amides is 1. The molecule has 1 saturated heterocycles. The SMILES string of the molecule is CC(C)(C)OC(=O)N1CCC(c2nc3cc(-c4ccc(N5C=[N+]=N5)cc4F)ccc3o2)CC1. The zero-order valence-corrected chi connectivity index (χ0v) is 18.8. The molecule has 3 aromatic rings. The Morgan fingerprint density at radius 3 is 2.58 bits per heavy atom. The summed E-state index contributed by atoms with van der Waals surface area (Å²) in [7, 11) is 0. The Balaban J connectivity index is 1.30. The monoisotopic (exact) mass is 450 g/mol. The molecular formula is C24H25FN5O3+. The summed E-state index contributed by atoms with van der Waals surface area (Å²) in [6.45, 7) is 6.77. The van der Waals surface area contributed by atoms with Gasteiger partial charge in [0.2, 0.25) is 0 Å². The van der Waals surface area contributed by atoms with E-state index in [-0.39, 0.29) is 17.8 Å². The van der Waals surface area contributed by atoms with Crippen molar-refractivity contribution in [3.8, 4) is 11.1 Å². The van der Waals surface area contributed by atoms with Crippen molar-refractivity contribution in [2.45, 2.75) is 45.1 Å². The van der Waals surface area contributed by atoms with E-state index in [0.717, 1.165) is 18.4 Å². The number of hydrogen-bond acceptors (Lipinski definition) is 6. The minimum Gasteiger partial charge on any atom is -0.444 e. The fraction of sp³-hybridized carbons (Fsp3) is 0.375. The van der Waals surface area contributed by atoms with Crippen LogP contribution in [-0.2, 0) is 4.74 Å². The van der Waals surface area contributed by atoms with Crippen molar-refractivity contribution in [2.24, 2.45) is 5.22 Å². The average Bonchev–Trinajstić information content (AvgIpc) is 3.15. The van der Waals surface area contributed by atoms with Gasteiger partial charge in [0.1, 0.15) is 27.8 Å². The molecule has 170 valence electrons. The number of rotatable bonds is 3. The average molecular weight is 450 g/mol. The number of halogens is 1. The molecule has 3 heterocycles. The molecule has 0 aliphatic carbocycles. The number of benzene rings is 2. The number of likely N-dealkylation sites (tertiary alicyclic amines) is 1. The zero-order valence-electron chi connectivity index (χ0n) is 18.8. The standard InChI is InChI=1S/C24H25FN5O3/c1-24(2,3)33-23(31)29-10-8-15(9-11-29)22-27-20-12-16(4-7-21(20)32-22)18-6-5-17(13-19(18)25)30-14-26-28-30/h4-7,12-15H,8-11H2,1-3H3/q+1. The molecule has 0 N–H and O–H groups in total. The van der Waals surface area contributed by atoms with E-state index in [9.17, 15) is 9.18 Å². The number of nitrogens with zero attached hydrogens (tertiary/aromatic N) is 5. The molecule has 0 bridgehead atoms.